The van der Waals surface area contributed by atoms with Crippen LogP contribution in [0.15, 0.2) is 24.3 Å². The number of amides is 1. The van der Waals surface area contributed by atoms with Gasteiger partial charge in [0, 0.05) is 19.0 Å². The van der Waals surface area contributed by atoms with Crippen molar-refractivity contribution in [2.75, 3.05) is 6.54 Å². The van der Waals surface area contributed by atoms with Gasteiger partial charge in [0.25, 0.3) is 0 Å². The van der Waals surface area contributed by atoms with E-state index in [0.717, 1.165) is 18.4 Å². The Morgan fingerprint density at radius 1 is 1.44 bits per heavy atom. The van der Waals surface area contributed by atoms with Gasteiger partial charge in [0.1, 0.15) is 5.82 Å². The van der Waals surface area contributed by atoms with E-state index in [1.165, 1.54) is 12.1 Å². The third kappa shape index (κ3) is 3.53. The van der Waals surface area contributed by atoms with Crippen LogP contribution >= 0.6 is 0 Å². The topological polar surface area (TPSA) is 46.3 Å². The SMILES string of the molecule is NCCCC(=O)N(Cc1cccc(F)c1)C1CC1. The van der Waals surface area contributed by atoms with Crippen molar-refractivity contribution in [1.29, 1.82) is 0 Å². The molecule has 18 heavy (non-hydrogen) atoms. The zero-order valence-corrected chi connectivity index (χ0v) is 10.4. The largest absolute Gasteiger partial charge is 0.335 e. The third-order valence-electron chi connectivity index (χ3n) is 3.14. The first kappa shape index (κ1) is 13.0. The van der Waals surface area contributed by atoms with E-state index < -0.39 is 0 Å². The molecule has 0 saturated heterocycles. The molecule has 2 rings (SSSR count). The Labute approximate surface area is 107 Å². The molecule has 0 aromatic heterocycles. The van der Waals surface area contributed by atoms with Gasteiger partial charge in [-0.2, -0.15) is 0 Å². The van der Waals surface area contributed by atoms with Crippen LogP contribution in [-0.2, 0) is 11.3 Å². The molecule has 98 valence electrons. The molecule has 0 radical (unpaired) electrons. The molecular weight excluding hydrogens is 231 g/mol. The minimum atomic E-state index is -0.252. The number of rotatable bonds is 6. The molecule has 1 aliphatic carbocycles. The fraction of sp³-hybridized carbons (Fsp3) is 0.500. The summed E-state index contributed by atoms with van der Waals surface area (Å²) in [7, 11) is 0. The van der Waals surface area contributed by atoms with Gasteiger partial charge in [0.05, 0.1) is 0 Å². The third-order valence-corrected chi connectivity index (χ3v) is 3.14. The molecule has 0 aliphatic heterocycles. The fourth-order valence-electron chi connectivity index (χ4n) is 2.04. The van der Waals surface area contributed by atoms with E-state index in [0.29, 0.717) is 32.0 Å². The van der Waals surface area contributed by atoms with Crippen LogP contribution in [0.3, 0.4) is 0 Å². The van der Waals surface area contributed by atoms with E-state index >= 15 is 0 Å². The molecule has 4 heteroatoms. The monoisotopic (exact) mass is 250 g/mol. The number of nitrogens with zero attached hydrogens (tertiary/aromatic N) is 1. The first-order valence-corrected chi connectivity index (χ1v) is 6.44. The molecule has 0 heterocycles. The summed E-state index contributed by atoms with van der Waals surface area (Å²) in [4.78, 5) is 13.9. The Hall–Kier alpha value is -1.42. The zero-order valence-electron chi connectivity index (χ0n) is 10.4. The van der Waals surface area contributed by atoms with Gasteiger partial charge >= 0.3 is 0 Å². The summed E-state index contributed by atoms with van der Waals surface area (Å²) in [5.41, 5.74) is 6.27. The maximum absolute atomic E-state index is 13.1. The maximum Gasteiger partial charge on any atom is 0.223 e. The number of nitrogens with two attached hydrogens (primary N) is 1. The second kappa shape index (κ2) is 5.96. The van der Waals surface area contributed by atoms with Gasteiger partial charge in [-0.05, 0) is 43.5 Å². The lowest BCUT2D eigenvalue weighted by Gasteiger charge is -2.22. The van der Waals surface area contributed by atoms with E-state index in [1.807, 2.05) is 11.0 Å². The molecule has 0 bridgehead atoms. The summed E-state index contributed by atoms with van der Waals surface area (Å²) in [6, 6.07) is 6.79. The molecule has 2 N–H and O–H groups in total. The lowest BCUT2D eigenvalue weighted by Crippen LogP contribution is -2.32. The van der Waals surface area contributed by atoms with Crippen molar-refractivity contribution in [2.24, 2.45) is 5.73 Å². The second-order valence-electron chi connectivity index (χ2n) is 4.77. The smallest absolute Gasteiger partial charge is 0.223 e. The van der Waals surface area contributed by atoms with Gasteiger partial charge in [-0.1, -0.05) is 12.1 Å². The highest BCUT2D eigenvalue weighted by atomic mass is 19.1. The van der Waals surface area contributed by atoms with Crippen LogP contribution in [0.1, 0.15) is 31.2 Å². The van der Waals surface area contributed by atoms with E-state index in [9.17, 15) is 9.18 Å². The van der Waals surface area contributed by atoms with Crippen LogP contribution in [0.25, 0.3) is 0 Å². The Kier molecular flexibility index (Phi) is 4.31. The summed E-state index contributed by atoms with van der Waals surface area (Å²) in [5.74, 6) is -0.120. The molecule has 1 aliphatic rings. The summed E-state index contributed by atoms with van der Waals surface area (Å²) >= 11 is 0. The van der Waals surface area contributed by atoms with Gasteiger partial charge in [0.15, 0.2) is 0 Å². The minimum absolute atomic E-state index is 0.132. The Morgan fingerprint density at radius 3 is 2.83 bits per heavy atom. The fourth-order valence-corrected chi connectivity index (χ4v) is 2.04. The zero-order chi connectivity index (χ0) is 13.0. The van der Waals surface area contributed by atoms with Gasteiger partial charge in [-0.25, -0.2) is 4.39 Å². The Bertz CT molecular complexity index is 418. The van der Waals surface area contributed by atoms with Crippen LogP contribution in [0, 0.1) is 5.82 Å². The summed E-state index contributed by atoms with van der Waals surface area (Å²) in [5, 5.41) is 0. The number of benzene rings is 1. The second-order valence-corrected chi connectivity index (χ2v) is 4.77. The quantitative estimate of drug-likeness (QED) is 0.840. The molecule has 1 amide bonds. The summed E-state index contributed by atoms with van der Waals surface area (Å²) in [6.07, 6.45) is 3.32. The van der Waals surface area contributed by atoms with E-state index in [1.54, 1.807) is 6.07 Å². The number of hydrogen-bond donors (Lipinski definition) is 1. The first-order valence-electron chi connectivity index (χ1n) is 6.44. The average Bonchev–Trinajstić information content (AvgIpc) is 3.17. The molecule has 0 spiro atoms. The van der Waals surface area contributed by atoms with Crippen molar-refractivity contribution in [3.05, 3.63) is 35.6 Å². The molecular formula is C14H19FN2O. The van der Waals surface area contributed by atoms with Gasteiger partial charge in [-0.15, -0.1) is 0 Å². The Morgan fingerprint density at radius 2 is 2.22 bits per heavy atom. The number of halogens is 1. The van der Waals surface area contributed by atoms with Crippen LogP contribution in [0.5, 0.6) is 0 Å². The molecule has 3 nitrogen and oxygen atoms in total. The highest BCUT2D eigenvalue weighted by Gasteiger charge is 2.32. The van der Waals surface area contributed by atoms with E-state index in [2.05, 4.69) is 0 Å². The lowest BCUT2D eigenvalue weighted by molar-refractivity contribution is -0.132. The van der Waals surface area contributed by atoms with Gasteiger partial charge in [-0.3, -0.25) is 4.79 Å². The highest BCUT2D eigenvalue weighted by molar-refractivity contribution is 5.76. The summed E-state index contributed by atoms with van der Waals surface area (Å²) in [6.45, 7) is 1.04. The van der Waals surface area contributed by atoms with Crippen molar-refractivity contribution >= 4 is 5.91 Å². The molecule has 1 aromatic carbocycles. The van der Waals surface area contributed by atoms with Gasteiger partial charge in [0.2, 0.25) is 5.91 Å². The Balaban J connectivity index is 2.00. The average molecular weight is 250 g/mol. The van der Waals surface area contributed by atoms with Crippen molar-refractivity contribution in [3.63, 3.8) is 0 Å². The molecule has 0 unspecified atom stereocenters. The van der Waals surface area contributed by atoms with Crippen molar-refractivity contribution in [1.82, 2.24) is 4.90 Å². The van der Waals surface area contributed by atoms with E-state index in [-0.39, 0.29) is 11.7 Å². The van der Waals surface area contributed by atoms with E-state index in [4.69, 9.17) is 5.73 Å². The van der Waals surface area contributed by atoms with Crippen LogP contribution < -0.4 is 5.73 Å². The minimum Gasteiger partial charge on any atom is -0.335 e. The van der Waals surface area contributed by atoms with Crippen LogP contribution in [-0.4, -0.2) is 23.4 Å². The normalized spacial score (nSPS) is 14.6. The van der Waals surface area contributed by atoms with Crippen molar-refractivity contribution in [3.8, 4) is 0 Å². The number of carbonyl (C=O) groups is 1. The van der Waals surface area contributed by atoms with Crippen molar-refractivity contribution < 1.29 is 9.18 Å². The van der Waals surface area contributed by atoms with Gasteiger partial charge < -0.3 is 10.6 Å². The molecule has 1 fully saturated rings. The van der Waals surface area contributed by atoms with Crippen molar-refractivity contribution in [2.45, 2.75) is 38.3 Å². The standard InChI is InChI=1S/C14H19FN2O/c15-12-4-1-3-11(9-12)10-17(13-6-7-13)14(18)5-2-8-16/h1,3-4,9,13H,2,5-8,10,16H2. The highest BCUT2D eigenvalue weighted by Crippen LogP contribution is 2.29. The maximum atomic E-state index is 13.1. The molecule has 0 atom stereocenters. The first-order chi connectivity index (χ1) is 8.70. The predicted molar refractivity (Wildman–Crippen MR) is 68.3 cm³/mol. The number of carbonyl (C=O) groups excluding carboxylic acids is 1. The number of hydrogen-bond acceptors (Lipinski definition) is 2. The summed E-state index contributed by atoms with van der Waals surface area (Å²) < 4.78 is 13.1. The van der Waals surface area contributed by atoms with Crippen LogP contribution in [0.2, 0.25) is 0 Å². The lowest BCUT2D eigenvalue weighted by atomic mass is 10.2. The molecule has 1 saturated carbocycles. The molecule has 1 aromatic rings. The predicted octanol–water partition coefficient (Wildman–Crippen LogP) is 2.06. The van der Waals surface area contributed by atoms with Crippen LogP contribution in [0.4, 0.5) is 4.39 Å².